The van der Waals surface area contributed by atoms with Gasteiger partial charge in [0.2, 0.25) is 5.91 Å². The summed E-state index contributed by atoms with van der Waals surface area (Å²) >= 11 is 9.54. The van der Waals surface area contributed by atoms with E-state index in [1.54, 1.807) is 0 Å². The molecule has 3 nitrogen and oxygen atoms in total. The number of para-hydroxylation sites is 1. The van der Waals surface area contributed by atoms with Gasteiger partial charge < -0.3 is 10.3 Å². The molecule has 0 aromatic heterocycles. The van der Waals surface area contributed by atoms with Crippen LogP contribution in [0.4, 0.5) is 5.69 Å². The molecule has 1 amide bonds. The Morgan fingerprint density at radius 2 is 1.03 bits per heavy atom. The maximum absolute atomic E-state index is 10.7. The quantitative estimate of drug-likeness (QED) is 0.220. The van der Waals surface area contributed by atoms with Crippen molar-refractivity contribution in [1.29, 1.82) is 0 Å². The molecule has 2 N–H and O–H groups in total. The molecule has 0 atom stereocenters. The van der Waals surface area contributed by atoms with Crippen LogP contribution in [-0.4, -0.2) is 17.8 Å². The number of rotatable bonds is 3. The summed E-state index contributed by atoms with van der Waals surface area (Å²) in [5.74, 6) is -0.0284. The van der Waals surface area contributed by atoms with Gasteiger partial charge in [-0.2, -0.15) is 0 Å². The summed E-state index contributed by atoms with van der Waals surface area (Å²) in [6.45, 7) is 15.0. The molecule has 0 heterocycles. The van der Waals surface area contributed by atoms with E-state index in [0.29, 0.717) is 13.3 Å². The molecule has 3 aromatic rings. The van der Waals surface area contributed by atoms with Gasteiger partial charge >= 0.3 is 57.4 Å². The van der Waals surface area contributed by atoms with E-state index in [0.717, 1.165) is 22.2 Å². The monoisotopic (exact) mass is 1180 g/mol. The Labute approximate surface area is 297 Å². The average molecular weight is 1180 g/mol. The summed E-state index contributed by atoms with van der Waals surface area (Å²) in [5, 5.41) is 12.7. The molecule has 3 rings (SSSR count). The molecule has 0 bridgehead atoms. The number of aryl methyl sites for hydroxylation is 1. The first-order chi connectivity index (χ1) is 17.5. The largest absolute Gasteiger partial charge is 0.443 e. The molecule has 0 fully saturated rings. The molecule has 0 spiro atoms. The van der Waals surface area contributed by atoms with Crippen molar-refractivity contribution >= 4 is 128 Å². The first-order valence-corrected chi connectivity index (χ1v) is 30.5. The molecule has 0 aliphatic carbocycles. The van der Waals surface area contributed by atoms with Crippen molar-refractivity contribution in [1.82, 2.24) is 0 Å². The number of benzene rings is 3. The summed E-state index contributed by atoms with van der Waals surface area (Å²) in [5.41, 5.74) is 3.83. The van der Waals surface area contributed by atoms with Crippen LogP contribution >= 0.6 is 98.4 Å². The Balaban J connectivity index is -0.000000133. The minimum absolute atomic E-state index is 0. The van der Waals surface area contributed by atoms with Crippen LogP contribution in [0.2, 0.25) is 0 Å². The van der Waals surface area contributed by atoms with Crippen LogP contribution in [0.1, 0.15) is 54.0 Å². The standard InChI is InChI=1S/C12H11BO.C9H11NO.3C2H6.I3.I2.HI/c14-13(11-7-3-1-4-8-11)12-9-5-2-6-10-12;1-7-5-3-4-6-9(7)10-8(2)11;3*1-2;1-3-2;1-2;/h1-10,14H;3-6H,1-2H3,(H,10,11);3*1-2H3;;;1H/q;;;;;-1;;. The average Bonchev–Trinajstić information content (AvgIpc) is 2.95. The number of hydrogen-bond donors (Lipinski definition) is 2. The predicted octanol–water partition coefficient (Wildman–Crippen LogP) is 6.98. The normalized spacial score (nSPS) is 7.70. The van der Waals surface area contributed by atoms with E-state index in [9.17, 15) is 9.82 Å². The van der Waals surface area contributed by atoms with Crippen LogP contribution in [0.25, 0.3) is 0 Å². The second kappa shape index (κ2) is 39.7. The Bertz CT molecular complexity index is 792. The van der Waals surface area contributed by atoms with Gasteiger partial charge in [0.25, 0.3) is 0 Å². The van der Waals surface area contributed by atoms with Crippen LogP contribution in [0.5, 0.6) is 0 Å². The molecule has 0 aliphatic rings. The smallest absolute Gasteiger partial charge is 0.358 e. The van der Waals surface area contributed by atoms with E-state index >= 15 is 0 Å². The van der Waals surface area contributed by atoms with E-state index in [1.807, 2.05) is 133 Å². The van der Waals surface area contributed by atoms with Crippen molar-refractivity contribution in [2.45, 2.75) is 55.4 Å². The van der Waals surface area contributed by atoms with Crippen LogP contribution in [0, 0.1) is 6.92 Å². The summed E-state index contributed by atoms with van der Waals surface area (Å²) in [4.78, 5) is 10.7. The number of nitrogens with one attached hydrogen (secondary N) is 1. The number of hydrogen-bond acceptors (Lipinski definition) is 2. The van der Waals surface area contributed by atoms with E-state index in [4.69, 9.17) is 0 Å². The number of anilines is 1. The molecule has 3 aromatic carbocycles. The minimum atomic E-state index is -0.516. The first kappa shape index (κ1) is 48.3. The zero-order valence-electron chi connectivity index (χ0n) is 22.8. The van der Waals surface area contributed by atoms with Crippen molar-refractivity contribution in [3.05, 3.63) is 90.5 Å². The second-order valence-corrected chi connectivity index (χ2v) is 22.0. The molecule has 37 heavy (non-hydrogen) atoms. The van der Waals surface area contributed by atoms with Gasteiger partial charge in [0.1, 0.15) is 0 Å². The minimum Gasteiger partial charge on any atom is -0.443 e. The van der Waals surface area contributed by atoms with E-state index in [1.165, 1.54) is 6.92 Å². The maximum Gasteiger partial charge on any atom is 0.358 e. The molecular formula is C27H41BI6NO2-. The SMILES string of the molecule is CC.CC.CC.CC(=O)Nc1ccccc1C.I.II.I[I-]I.OB(c1ccccc1)c1ccccc1. The van der Waals surface area contributed by atoms with E-state index < -0.39 is 6.92 Å². The molecule has 212 valence electrons. The molecule has 0 aliphatic heterocycles. The summed E-state index contributed by atoms with van der Waals surface area (Å²) < 4.78 is 0. The van der Waals surface area contributed by atoms with Gasteiger partial charge in [-0.1, -0.05) is 120 Å². The van der Waals surface area contributed by atoms with Crippen molar-refractivity contribution < 1.29 is 23.1 Å². The number of carbonyl (C=O) groups is 1. The van der Waals surface area contributed by atoms with Crippen LogP contribution < -0.4 is 29.5 Å². The van der Waals surface area contributed by atoms with Crippen molar-refractivity contribution in [3.63, 3.8) is 0 Å². The molecule has 0 unspecified atom stereocenters. The van der Waals surface area contributed by atoms with Gasteiger partial charge in [0, 0.05) is 49.8 Å². The molecule has 0 radical (unpaired) electrons. The first-order valence-electron chi connectivity index (χ1n) is 11.6. The van der Waals surface area contributed by atoms with Crippen molar-refractivity contribution in [2.24, 2.45) is 0 Å². The third kappa shape index (κ3) is 28.8. The van der Waals surface area contributed by atoms with Gasteiger partial charge in [0.05, 0.1) is 0 Å². The maximum atomic E-state index is 10.7. The van der Waals surface area contributed by atoms with Crippen LogP contribution in [0.3, 0.4) is 0 Å². The summed E-state index contributed by atoms with van der Waals surface area (Å²) in [7, 11) is 0. The molecular weight excluding hydrogens is 1140 g/mol. The predicted molar refractivity (Wildman–Crippen MR) is 211 cm³/mol. The van der Waals surface area contributed by atoms with E-state index in [2.05, 4.69) is 79.8 Å². The topological polar surface area (TPSA) is 49.3 Å². The van der Waals surface area contributed by atoms with Crippen LogP contribution in [-0.2, 0) is 4.79 Å². The number of amides is 1. The zero-order chi connectivity index (χ0) is 28.8. The summed E-state index contributed by atoms with van der Waals surface area (Å²) in [6, 6.07) is 27.0. The fourth-order valence-electron chi connectivity index (χ4n) is 2.37. The number of carbonyl (C=O) groups excluding carboxylic acids is 1. The number of halogens is 6. The van der Waals surface area contributed by atoms with Gasteiger partial charge in [-0.05, 0) is 29.5 Å². The van der Waals surface area contributed by atoms with Gasteiger partial charge in [-0.15, -0.1) is 24.0 Å². The summed E-state index contributed by atoms with van der Waals surface area (Å²) in [6.07, 6.45) is 0. The Hall–Kier alpha value is 1.53. The Morgan fingerprint density at radius 3 is 1.32 bits per heavy atom. The van der Waals surface area contributed by atoms with E-state index in [-0.39, 0.29) is 29.9 Å². The fourth-order valence-corrected chi connectivity index (χ4v) is 2.37. The fraction of sp³-hybridized carbons (Fsp3) is 0.296. The second-order valence-electron chi connectivity index (χ2n) is 5.77. The Morgan fingerprint density at radius 1 is 0.730 bits per heavy atom. The zero-order valence-corrected chi connectivity index (χ0v) is 35.9. The third-order valence-electron chi connectivity index (χ3n) is 3.69. The van der Waals surface area contributed by atoms with Crippen molar-refractivity contribution in [2.75, 3.05) is 5.32 Å². The van der Waals surface area contributed by atoms with Crippen molar-refractivity contribution in [3.8, 4) is 0 Å². The Kier molecular flexibility index (Phi) is 51.8. The van der Waals surface area contributed by atoms with Gasteiger partial charge in [-0.25, -0.2) is 0 Å². The molecule has 0 saturated carbocycles. The van der Waals surface area contributed by atoms with Gasteiger partial charge in [0.15, 0.2) is 0 Å². The third-order valence-corrected chi connectivity index (χ3v) is 3.69. The molecule has 0 saturated heterocycles. The van der Waals surface area contributed by atoms with Crippen LogP contribution in [0.15, 0.2) is 84.9 Å². The van der Waals surface area contributed by atoms with Gasteiger partial charge in [-0.3, -0.25) is 4.79 Å². The molecule has 10 heteroatoms.